The molecule has 0 heterocycles. The third-order valence-electron chi connectivity index (χ3n) is 2.94. The summed E-state index contributed by atoms with van der Waals surface area (Å²) in [5.74, 6) is -2.02. The molecule has 92 valence electrons. The summed E-state index contributed by atoms with van der Waals surface area (Å²) in [5, 5.41) is 2.35. The Morgan fingerprint density at radius 3 is 2.47 bits per heavy atom. The Kier molecular flexibility index (Phi) is 2.83. The highest BCUT2D eigenvalue weighted by molar-refractivity contribution is 6.53. The summed E-state index contributed by atoms with van der Waals surface area (Å²) in [5.41, 5.74) is -1.02. The van der Waals surface area contributed by atoms with Crippen molar-refractivity contribution in [1.82, 2.24) is 0 Å². The second-order valence-corrected chi connectivity index (χ2v) is 5.78. The SMILES string of the molecule is CC1(C(=O)Nc2ccc(F)cc2F)CC1(Cl)Cl. The van der Waals surface area contributed by atoms with E-state index in [-0.39, 0.29) is 5.69 Å². The lowest BCUT2D eigenvalue weighted by Crippen LogP contribution is -2.26. The number of carbonyl (C=O) groups is 1. The molecular formula is C11H9Cl2F2NO. The molecule has 17 heavy (non-hydrogen) atoms. The normalized spacial score (nSPS) is 25.5. The van der Waals surface area contributed by atoms with Gasteiger partial charge in [0.1, 0.15) is 16.0 Å². The van der Waals surface area contributed by atoms with Gasteiger partial charge in [-0.05, 0) is 25.5 Å². The lowest BCUT2D eigenvalue weighted by molar-refractivity contribution is -0.120. The van der Waals surface area contributed by atoms with Gasteiger partial charge >= 0.3 is 0 Å². The number of alkyl halides is 2. The molecule has 0 aromatic heterocycles. The van der Waals surface area contributed by atoms with Crippen LogP contribution in [0.15, 0.2) is 18.2 Å². The molecule has 1 atom stereocenters. The van der Waals surface area contributed by atoms with Crippen molar-refractivity contribution >= 4 is 34.8 Å². The largest absolute Gasteiger partial charge is 0.323 e. The van der Waals surface area contributed by atoms with E-state index in [2.05, 4.69) is 5.32 Å². The number of carbonyl (C=O) groups excluding carboxylic acids is 1. The quantitative estimate of drug-likeness (QED) is 0.825. The number of benzene rings is 1. The van der Waals surface area contributed by atoms with Gasteiger partial charge in [0.2, 0.25) is 5.91 Å². The highest BCUT2D eigenvalue weighted by Crippen LogP contribution is 2.64. The monoisotopic (exact) mass is 279 g/mol. The molecule has 1 saturated carbocycles. The Morgan fingerprint density at radius 2 is 2.00 bits per heavy atom. The second-order valence-electron chi connectivity index (χ2n) is 4.29. The fourth-order valence-corrected chi connectivity index (χ4v) is 2.20. The van der Waals surface area contributed by atoms with Crippen LogP contribution in [0.5, 0.6) is 0 Å². The Bertz CT molecular complexity index is 492. The van der Waals surface area contributed by atoms with Gasteiger partial charge in [0, 0.05) is 6.07 Å². The first-order valence-electron chi connectivity index (χ1n) is 4.91. The molecule has 1 fully saturated rings. The topological polar surface area (TPSA) is 29.1 Å². The maximum Gasteiger partial charge on any atom is 0.233 e. The van der Waals surface area contributed by atoms with E-state index in [1.165, 1.54) is 0 Å². The van der Waals surface area contributed by atoms with Crippen LogP contribution in [0.1, 0.15) is 13.3 Å². The maximum absolute atomic E-state index is 13.3. The van der Waals surface area contributed by atoms with Crippen molar-refractivity contribution < 1.29 is 13.6 Å². The zero-order valence-corrected chi connectivity index (χ0v) is 10.4. The van der Waals surface area contributed by atoms with E-state index in [4.69, 9.17) is 23.2 Å². The number of hydrogen-bond donors (Lipinski definition) is 1. The summed E-state index contributed by atoms with van der Waals surface area (Å²) in [4.78, 5) is 11.8. The average molecular weight is 280 g/mol. The lowest BCUT2D eigenvalue weighted by Gasteiger charge is -2.13. The number of rotatable bonds is 2. The van der Waals surface area contributed by atoms with Crippen LogP contribution in [-0.2, 0) is 4.79 Å². The van der Waals surface area contributed by atoms with Crippen LogP contribution in [0, 0.1) is 17.0 Å². The van der Waals surface area contributed by atoms with E-state index in [9.17, 15) is 13.6 Å². The Morgan fingerprint density at radius 1 is 1.41 bits per heavy atom. The fraction of sp³-hybridized carbons (Fsp3) is 0.364. The summed E-state index contributed by atoms with van der Waals surface area (Å²) in [6.07, 6.45) is 0.303. The molecule has 1 aliphatic rings. The minimum Gasteiger partial charge on any atom is -0.323 e. The molecule has 1 aliphatic carbocycles. The molecule has 0 spiro atoms. The lowest BCUT2D eigenvalue weighted by atomic mass is 10.1. The fourth-order valence-electron chi connectivity index (χ4n) is 1.50. The van der Waals surface area contributed by atoms with Crippen LogP contribution >= 0.6 is 23.2 Å². The van der Waals surface area contributed by atoms with E-state index in [1.54, 1.807) is 6.92 Å². The van der Waals surface area contributed by atoms with Gasteiger partial charge in [-0.15, -0.1) is 23.2 Å². The van der Waals surface area contributed by atoms with Crippen molar-refractivity contribution in [3.63, 3.8) is 0 Å². The molecule has 1 aromatic rings. The Labute approximate surface area is 107 Å². The highest BCUT2D eigenvalue weighted by Gasteiger charge is 2.67. The average Bonchev–Trinajstić information content (AvgIpc) is 2.72. The predicted octanol–water partition coefficient (Wildman–Crippen LogP) is 3.49. The molecule has 0 saturated heterocycles. The summed E-state index contributed by atoms with van der Waals surface area (Å²) in [6.45, 7) is 1.59. The number of anilines is 1. The van der Waals surface area contributed by atoms with Gasteiger partial charge < -0.3 is 5.32 Å². The van der Waals surface area contributed by atoms with E-state index in [1.807, 2.05) is 0 Å². The summed E-state index contributed by atoms with van der Waals surface area (Å²) < 4.78 is 24.8. The molecule has 0 radical (unpaired) electrons. The van der Waals surface area contributed by atoms with Crippen LogP contribution in [-0.4, -0.2) is 10.2 Å². The molecule has 1 aromatic carbocycles. The first-order valence-corrected chi connectivity index (χ1v) is 5.66. The van der Waals surface area contributed by atoms with Crippen molar-refractivity contribution in [3.05, 3.63) is 29.8 Å². The first kappa shape index (κ1) is 12.6. The number of hydrogen-bond acceptors (Lipinski definition) is 1. The number of halogens is 4. The third kappa shape index (κ3) is 2.11. The van der Waals surface area contributed by atoms with E-state index in [0.29, 0.717) is 12.5 Å². The van der Waals surface area contributed by atoms with Gasteiger partial charge in [-0.2, -0.15) is 0 Å². The van der Waals surface area contributed by atoms with E-state index >= 15 is 0 Å². The van der Waals surface area contributed by atoms with Crippen LogP contribution < -0.4 is 5.32 Å². The predicted molar refractivity (Wildman–Crippen MR) is 62.1 cm³/mol. The van der Waals surface area contributed by atoms with E-state index < -0.39 is 27.3 Å². The smallest absolute Gasteiger partial charge is 0.233 e. The maximum atomic E-state index is 13.3. The molecule has 1 amide bonds. The summed E-state index contributed by atoms with van der Waals surface area (Å²) >= 11 is 11.7. The third-order valence-corrected chi connectivity index (χ3v) is 4.04. The molecule has 2 nitrogen and oxygen atoms in total. The van der Waals surface area contributed by atoms with Crippen molar-refractivity contribution in [2.24, 2.45) is 5.41 Å². The van der Waals surface area contributed by atoms with Crippen molar-refractivity contribution in [1.29, 1.82) is 0 Å². The molecule has 0 bridgehead atoms. The van der Waals surface area contributed by atoms with Gasteiger partial charge in [-0.1, -0.05) is 0 Å². The van der Waals surface area contributed by atoms with Crippen molar-refractivity contribution in [3.8, 4) is 0 Å². The van der Waals surface area contributed by atoms with Crippen LogP contribution in [0.25, 0.3) is 0 Å². The summed E-state index contributed by atoms with van der Waals surface area (Å²) in [6, 6.07) is 2.90. The van der Waals surface area contributed by atoms with Crippen LogP contribution in [0.3, 0.4) is 0 Å². The molecule has 1 N–H and O–H groups in total. The zero-order valence-electron chi connectivity index (χ0n) is 8.86. The minimum absolute atomic E-state index is 0.0892. The molecule has 0 aliphatic heterocycles. The van der Waals surface area contributed by atoms with Crippen molar-refractivity contribution in [2.45, 2.75) is 17.7 Å². The van der Waals surface area contributed by atoms with Gasteiger partial charge in [0.05, 0.1) is 11.1 Å². The van der Waals surface area contributed by atoms with Crippen LogP contribution in [0.2, 0.25) is 0 Å². The van der Waals surface area contributed by atoms with Gasteiger partial charge in [0.15, 0.2) is 0 Å². The molecule has 2 rings (SSSR count). The minimum atomic E-state index is -1.12. The number of amides is 1. The molecule has 1 unspecified atom stereocenters. The standard InChI is InChI=1S/C11H9Cl2F2NO/c1-10(5-11(10,12)13)9(17)16-8-3-2-6(14)4-7(8)15/h2-4H,5H2,1H3,(H,16,17). The second kappa shape index (κ2) is 3.82. The highest BCUT2D eigenvalue weighted by atomic mass is 35.5. The Balaban J connectivity index is 2.15. The van der Waals surface area contributed by atoms with Crippen LogP contribution in [0.4, 0.5) is 14.5 Å². The van der Waals surface area contributed by atoms with E-state index in [0.717, 1.165) is 12.1 Å². The first-order chi connectivity index (χ1) is 7.76. The van der Waals surface area contributed by atoms with Gasteiger partial charge in [-0.3, -0.25) is 4.79 Å². The number of nitrogens with one attached hydrogen (secondary N) is 1. The van der Waals surface area contributed by atoms with Crippen molar-refractivity contribution in [2.75, 3.05) is 5.32 Å². The van der Waals surface area contributed by atoms with Gasteiger partial charge in [0.25, 0.3) is 0 Å². The zero-order chi connectivity index (χ0) is 12.8. The Hall–Kier alpha value is -0.870. The molecule has 6 heteroatoms. The summed E-state index contributed by atoms with van der Waals surface area (Å²) in [7, 11) is 0. The van der Waals surface area contributed by atoms with Gasteiger partial charge in [-0.25, -0.2) is 8.78 Å². The molecular weight excluding hydrogens is 271 g/mol.